The fourth-order valence-electron chi connectivity index (χ4n) is 2.99. The molecule has 1 aliphatic rings. The number of carbonyl (C=O) groups is 4. The molecule has 0 bridgehead atoms. The Hall–Kier alpha value is -3.59. The number of allylic oxidation sites excluding steroid dienone is 1. The highest BCUT2D eigenvalue weighted by molar-refractivity contribution is 8.15. The van der Waals surface area contributed by atoms with Crippen molar-refractivity contribution in [3.05, 3.63) is 65.2 Å². The number of ether oxygens (including phenoxy) is 1. The van der Waals surface area contributed by atoms with Gasteiger partial charge < -0.3 is 14.9 Å². The van der Waals surface area contributed by atoms with E-state index in [-0.39, 0.29) is 18.0 Å². The van der Waals surface area contributed by atoms with Crippen LogP contribution < -0.4 is 4.74 Å². The molecule has 2 amide bonds. The summed E-state index contributed by atoms with van der Waals surface area (Å²) in [4.78, 5) is 48.0. The predicted molar refractivity (Wildman–Crippen MR) is 114 cm³/mol. The van der Waals surface area contributed by atoms with Gasteiger partial charge in [0, 0.05) is 5.56 Å². The van der Waals surface area contributed by atoms with E-state index in [1.807, 2.05) is 0 Å². The second-order valence-electron chi connectivity index (χ2n) is 6.72. The van der Waals surface area contributed by atoms with E-state index in [0.717, 1.165) is 22.2 Å². The highest BCUT2D eigenvalue weighted by Crippen LogP contribution is 2.29. The number of nitrogens with zero attached hydrogens (tertiary/aromatic N) is 1. The minimum atomic E-state index is -1.25. The van der Waals surface area contributed by atoms with Gasteiger partial charge in [-0.1, -0.05) is 48.2 Å². The summed E-state index contributed by atoms with van der Waals surface area (Å²) in [6.07, 6.45) is 3.26. The molecule has 1 fully saturated rings. The van der Waals surface area contributed by atoms with Crippen LogP contribution in [0.4, 0.5) is 4.79 Å². The first kappa shape index (κ1) is 22.1. The van der Waals surface area contributed by atoms with Gasteiger partial charge in [-0.05, 0) is 35.8 Å². The maximum atomic E-state index is 12.4. The number of carbonyl (C=O) groups excluding carboxylic acids is 3. The fraction of sp³-hybridized carbons (Fsp3) is 0.182. The lowest BCUT2D eigenvalue weighted by Gasteiger charge is -2.11. The van der Waals surface area contributed by atoms with E-state index in [2.05, 4.69) is 0 Å². The van der Waals surface area contributed by atoms with E-state index in [1.54, 1.807) is 42.5 Å². The lowest BCUT2D eigenvalue weighted by atomic mass is 10.0. The molecule has 1 aliphatic heterocycles. The van der Waals surface area contributed by atoms with Gasteiger partial charge in [0.1, 0.15) is 6.54 Å². The molecule has 2 aromatic rings. The molecule has 1 heterocycles. The van der Waals surface area contributed by atoms with Crippen LogP contribution in [-0.4, -0.2) is 56.9 Å². The molecule has 0 saturated carbocycles. The number of ketones is 1. The first-order chi connectivity index (χ1) is 14.8. The Kier molecular flexibility index (Phi) is 6.76. The summed E-state index contributed by atoms with van der Waals surface area (Å²) in [6.45, 7) is -0.645. The van der Waals surface area contributed by atoms with Gasteiger partial charge in [-0.25, -0.2) is 0 Å². The minimum absolute atomic E-state index is 0.00764. The Morgan fingerprint density at radius 2 is 1.87 bits per heavy atom. The SMILES string of the molecule is COc1cc(C=CC(=O)c2ccc(CC3SC(=O)N(CC(=O)O)C3=O)cc2)ccc1O. The van der Waals surface area contributed by atoms with E-state index in [0.29, 0.717) is 16.9 Å². The second kappa shape index (κ2) is 9.48. The van der Waals surface area contributed by atoms with Crippen LogP contribution in [0.25, 0.3) is 6.08 Å². The Balaban J connectivity index is 1.63. The zero-order valence-electron chi connectivity index (χ0n) is 16.5. The number of thioether (sulfide) groups is 1. The van der Waals surface area contributed by atoms with E-state index >= 15 is 0 Å². The molecule has 0 aromatic heterocycles. The van der Waals surface area contributed by atoms with Crippen LogP contribution in [0.2, 0.25) is 0 Å². The maximum absolute atomic E-state index is 12.4. The van der Waals surface area contributed by atoms with Crippen LogP contribution in [-0.2, 0) is 16.0 Å². The van der Waals surface area contributed by atoms with Crippen molar-refractivity contribution in [1.29, 1.82) is 0 Å². The number of methoxy groups -OCH3 is 1. The summed E-state index contributed by atoms with van der Waals surface area (Å²) < 4.78 is 5.04. The van der Waals surface area contributed by atoms with Crippen LogP contribution >= 0.6 is 11.8 Å². The summed E-state index contributed by atoms with van der Waals surface area (Å²) in [6, 6.07) is 11.4. The summed E-state index contributed by atoms with van der Waals surface area (Å²) >= 11 is 0.807. The smallest absolute Gasteiger partial charge is 0.323 e. The van der Waals surface area contributed by atoms with Gasteiger partial charge in [-0.15, -0.1) is 0 Å². The monoisotopic (exact) mass is 441 g/mol. The van der Waals surface area contributed by atoms with E-state index < -0.39 is 28.9 Å². The summed E-state index contributed by atoms with van der Waals surface area (Å²) in [5.74, 6) is -1.69. The number of hydrogen-bond donors (Lipinski definition) is 2. The molecule has 2 N–H and O–H groups in total. The van der Waals surface area contributed by atoms with Gasteiger partial charge in [-0.2, -0.15) is 0 Å². The van der Waals surface area contributed by atoms with E-state index in [9.17, 15) is 24.3 Å². The molecule has 1 saturated heterocycles. The maximum Gasteiger partial charge on any atom is 0.323 e. The summed E-state index contributed by atoms with van der Waals surface area (Å²) in [5.41, 5.74) is 1.88. The average Bonchev–Trinajstić information content (AvgIpc) is 3.00. The lowest BCUT2D eigenvalue weighted by Crippen LogP contribution is -2.36. The number of phenolic OH excluding ortho intramolecular Hbond substituents is 1. The zero-order valence-corrected chi connectivity index (χ0v) is 17.3. The van der Waals surface area contributed by atoms with Crippen LogP contribution in [0, 0.1) is 0 Å². The second-order valence-corrected chi connectivity index (χ2v) is 7.87. The number of hydrogen-bond acceptors (Lipinski definition) is 7. The molecule has 2 aromatic carbocycles. The molecule has 9 heteroatoms. The molecule has 1 unspecified atom stereocenters. The Bertz CT molecular complexity index is 1060. The topological polar surface area (TPSA) is 121 Å². The number of carboxylic acid groups (broad SMARTS) is 1. The molecule has 160 valence electrons. The third kappa shape index (κ3) is 5.32. The van der Waals surface area contributed by atoms with Crippen molar-refractivity contribution < 1.29 is 34.1 Å². The number of phenols is 1. The van der Waals surface area contributed by atoms with Gasteiger partial charge in [0.25, 0.3) is 5.24 Å². The molecular weight excluding hydrogens is 422 g/mol. The summed E-state index contributed by atoms with van der Waals surface area (Å²) in [7, 11) is 1.44. The minimum Gasteiger partial charge on any atom is -0.504 e. The molecule has 3 rings (SSSR count). The van der Waals surface area contributed by atoms with Gasteiger partial charge in [0.2, 0.25) is 5.91 Å². The lowest BCUT2D eigenvalue weighted by molar-refractivity contribution is -0.141. The first-order valence-electron chi connectivity index (χ1n) is 9.20. The van der Waals surface area contributed by atoms with Crippen LogP contribution in [0.15, 0.2) is 48.5 Å². The molecule has 8 nitrogen and oxygen atoms in total. The number of carboxylic acids is 1. The number of amides is 2. The van der Waals surface area contributed by atoms with Gasteiger partial charge in [0.15, 0.2) is 17.3 Å². The summed E-state index contributed by atoms with van der Waals surface area (Å²) in [5, 5.41) is 17.2. The molecule has 1 atom stereocenters. The number of aromatic hydroxyl groups is 1. The molecule has 0 radical (unpaired) electrons. The normalized spacial score (nSPS) is 16.2. The number of aliphatic carboxylic acids is 1. The van der Waals surface area contributed by atoms with Crippen LogP contribution in [0.3, 0.4) is 0 Å². The third-order valence-electron chi connectivity index (χ3n) is 4.59. The van der Waals surface area contributed by atoms with Crippen molar-refractivity contribution in [1.82, 2.24) is 4.90 Å². The predicted octanol–water partition coefficient (Wildman–Crippen LogP) is 2.99. The third-order valence-corrected chi connectivity index (χ3v) is 5.66. The zero-order chi connectivity index (χ0) is 22.5. The molecule has 0 aliphatic carbocycles. The van der Waals surface area contributed by atoms with Crippen molar-refractivity contribution in [3.8, 4) is 11.5 Å². The van der Waals surface area contributed by atoms with Crippen LogP contribution in [0.1, 0.15) is 21.5 Å². The Morgan fingerprint density at radius 3 is 2.52 bits per heavy atom. The Morgan fingerprint density at radius 1 is 1.16 bits per heavy atom. The van der Waals surface area contributed by atoms with Crippen molar-refractivity contribution in [3.63, 3.8) is 0 Å². The quantitative estimate of drug-likeness (QED) is 0.474. The van der Waals surface area contributed by atoms with E-state index in [4.69, 9.17) is 9.84 Å². The largest absolute Gasteiger partial charge is 0.504 e. The molecule has 31 heavy (non-hydrogen) atoms. The van der Waals surface area contributed by atoms with Gasteiger partial charge in [-0.3, -0.25) is 24.1 Å². The van der Waals surface area contributed by atoms with Crippen LogP contribution in [0.5, 0.6) is 11.5 Å². The van der Waals surface area contributed by atoms with Gasteiger partial charge >= 0.3 is 5.97 Å². The number of imide groups is 1. The Labute approximate surface area is 182 Å². The van der Waals surface area contributed by atoms with Crippen molar-refractivity contribution >= 4 is 40.7 Å². The van der Waals surface area contributed by atoms with Crippen molar-refractivity contribution in [2.45, 2.75) is 11.7 Å². The number of benzene rings is 2. The highest BCUT2D eigenvalue weighted by Gasteiger charge is 2.40. The van der Waals surface area contributed by atoms with Gasteiger partial charge in [0.05, 0.1) is 12.4 Å². The van der Waals surface area contributed by atoms with Crippen molar-refractivity contribution in [2.75, 3.05) is 13.7 Å². The standard InChI is InChI=1S/C22H19NO7S/c1-30-18-10-13(5-9-17(18)25)4-8-16(24)15-6-2-14(3-7-15)11-19-21(28)23(12-20(26)27)22(29)31-19/h2-10,19,25H,11-12H2,1H3,(H,26,27). The van der Waals surface area contributed by atoms with E-state index in [1.165, 1.54) is 19.3 Å². The fourth-order valence-corrected chi connectivity index (χ4v) is 4.02. The molecular formula is C22H19NO7S. The average molecular weight is 441 g/mol. The number of rotatable bonds is 8. The van der Waals surface area contributed by atoms with Crippen molar-refractivity contribution in [2.24, 2.45) is 0 Å². The first-order valence-corrected chi connectivity index (χ1v) is 10.1. The molecule has 0 spiro atoms. The highest BCUT2D eigenvalue weighted by atomic mass is 32.2.